The highest BCUT2D eigenvalue weighted by atomic mass is 35.5. The first-order chi connectivity index (χ1) is 11.7. The molecule has 25 heavy (non-hydrogen) atoms. The lowest BCUT2D eigenvalue weighted by atomic mass is 10.1. The fourth-order valence-corrected chi connectivity index (χ4v) is 2.76. The normalized spacial score (nSPS) is 10.3. The third-order valence-electron chi connectivity index (χ3n) is 3.30. The number of nitrogens with one attached hydrogen (secondary N) is 3. The number of aryl methyl sites for hydroxylation is 2. The summed E-state index contributed by atoms with van der Waals surface area (Å²) < 4.78 is 0. The van der Waals surface area contributed by atoms with Gasteiger partial charge in [-0.25, -0.2) is 4.98 Å². The Morgan fingerprint density at radius 3 is 2.32 bits per heavy atom. The topological polar surface area (TPSA) is 92.1 Å². The standard InChI is InChI=1S/C15H14Cl3N5OS/c1-6-4-3-5-7(2)11(6)21-15(25)23-22-14(24)12-8(16)10(19)9(17)13(18)20-12/h3-5H,1-2H3,(H2,19,20)(H,22,24)(H2,21,23,25). The van der Waals surface area contributed by atoms with E-state index < -0.39 is 5.91 Å². The lowest BCUT2D eigenvalue weighted by Crippen LogP contribution is -2.44. The molecule has 132 valence electrons. The Hall–Kier alpha value is -1.80. The number of nitrogens with two attached hydrogens (primary N) is 1. The van der Waals surface area contributed by atoms with Crippen LogP contribution in [0.25, 0.3) is 0 Å². The van der Waals surface area contributed by atoms with Crippen molar-refractivity contribution >= 4 is 69.4 Å². The second-order valence-corrected chi connectivity index (χ2v) is 6.62. The molecule has 0 radical (unpaired) electrons. The number of nitrogens with zero attached hydrogens (tertiary/aromatic N) is 1. The molecule has 0 atom stereocenters. The number of thiocarbonyl (C=S) groups is 1. The van der Waals surface area contributed by atoms with Gasteiger partial charge in [0, 0.05) is 5.69 Å². The lowest BCUT2D eigenvalue weighted by molar-refractivity contribution is 0.0939. The molecule has 6 nitrogen and oxygen atoms in total. The molecule has 1 heterocycles. The van der Waals surface area contributed by atoms with Crippen molar-refractivity contribution in [2.75, 3.05) is 11.1 Å². The molecular weight excluding hydrogens is 405 g/mol. The summed E-state index contributed by atoms with van der Waals surface area (Å²) in [6.07, 6.45) is 0. The molecular formula is C15H14Cl3N5OS. The molecule has 0 bridgehead atoms. The van der Waals surface area contributed by atoms with Crippen LogP contribution in [0.3, 0.4) is 0 Å². The van der Waals surface area contributed by atoms with Gasteiger partial charge in [0.2, 0.25) is 0 Å². The van der Waals surface area contributed by atoms with E-state index in [9.17, 15) is 4.79 Å². The summed E-state index contributed by atoms with van der Waals surface area (Å²) in [5.41, 5.74) is 13.3. The molecule has 0 fully saturated rings. The number of benzene rings is 1. The minimum absolute atomic E-state index is 0.0107. The number of hydrogen-bond donors (Lipinski definition) is 4. The first-order valence-corrected chi connectivity index (χ1v) is 8.50. The summed E-state index contributed by atoms with van der Waals surface area (Å²) in [6, 6.07) is 5.83. The van der Waals surface area contributed by atoms with E-state index in [0.717, 1.165) is 16.8 Å². The van der Waals surface area contributed by atoms with Crippen molar-refractivity contribution < 1.29 is 4.79 Å². The van der Waals surface area contributed by atoms with Crippen molar-refractivity contribution in [1.82, 2.24) is 15.8 Å². The van der Waals surface area contributed by atoms with Crippen LogP contribution in [0.15, 0.2) is 18.2 Å². The average Bonchev–Trinajstić information content (AvgIpc) is 2.57. The Morgan fingerprint density at radius 1 is 1.12 bits per heavy atom. The van der Waals surface area contributed by atoms with Crippen LogP contribution in [0, 0.1) is 13.8 Å². The Balaban J connectivity index is 2.07. The second-order valence-electron chi connectivity index (χ2n) is 5.09. The molecule has 0 aliphatic rings. The number of hydrogen-bond acceptors (Lipinski definition) is 4. The third kappa shape index (κ3) is 4.43. The molecule has 2 rings (SSSR count). The number of carbonyl (C=O) groups excluding carboxylic acids is 1. The fraction of sp³-hybridized carbons (Fsp3) is 0.133. The maximum Gasteiger partial charge on any atom is 0.289 e. The van der Waals surface area contributed by atoms with Gasteiger partial charge in [-0.2, -0.15) is 0 Å². The predicted molar refractivity (Wildman–Crippen MR) is 106 cm³/mol. The van der Waals surface area contributed by atoms with Gasteiger partial charge in [0.05, 0.1) is 10.7 Å². The van der Waals surface area contributed by atoms with E-state index in [1.807, 2.05) is 32.0 Å². The van der Waals surface area contributed by atoms with Crippen LogP contribution >= 0.6 is 47.0 Å². The summed E-state index contributed by atoms with van der Waals surface area (Å²) in [7, 11) is 0. The number of hydrazine groups is 1. The van der Waals surface area contributed by atoms with E-state index in [1.165, 1.54) is 0 Å². The number of nitrogen functional groups attached to an aromatic ring is 1. The summed E-state index contributed by atoms with van der Waals surface area (Å²) in [6.45, 7) is 3.89. The van der Waals surface area contributed by atoms with Gasteiger partial charge in [-0.15, -0.1) is 0 Å². The van der Waals surface area contributed by atoms with Gasteiger partial charge in [-0.1, -0.05) is 53.0 Å². The maximum atomic E-state index is 12.2. The number of anilines is 2. The minimum atomic E-state index is -0.666. The SMILES string of the molecule is Cc1cccc(C)c1NC(=S)NNC(=O)c1nc(Cl)c(Cl)c(N)c1Cl. The van der Waals surface area contributed by atoms with Crippen molar-refractivity contribution in [2.24, 2.45) is 0 Å². The Labute approximate surface area is 165 Å². The van der Waals surface area contributed by atoms with Gasteiger partial charge in [0.25, 0.3) is 5.91 Å². The highest BCUT2D eigenvalue weighted by Gasteiger charge is 2.19. The lowest BCUT2D eigenvalue weighted by Gasteiger charge is -2.15. The molecule has 10 heteroatoms. The molecule has 1 aromatic carbocycles. The molecule has 0 aliphatic heterocycles. The highest BCUT2D eigenvalue weighted by molar-refractivity contribution is 7.80. The molecule has 2 aromatic rings. The zero-order valence-electron chi connectivity index (χ0n) is 13.2. The Kier molecular flexibility index (Phi) is 6.29. The van der Waals surface area contributed by atoms with Gasteiger partial charge in [0.1, 0.15) is 5.02 Å². The Bertz CT molecular complexity index is 839. The van der Waals surface area contributed by atoms with E-state index in [2.05, 4.69) is 21.2 Å². The van der Waals surface area contributed by atoms with Crippen LogP contribution in [-0.2, 0) is 0 Å². The van der Waals surface area contributed by atoms with Gasteiger partial charge in [0.15, 0.2) is 16.0 Å². The van der Waals surface area contributed by atoms with Crippen LogP contribution < -0.4 is 21.9 Å². The van der Waals surface area contributed by atoms with Crippen molar-refractivity contribution in [2.45, 2.75) is 13.8 Å². The number of amides is 1. The van der Waals surface area contributed by atoms with E-state index in [-0.39, 0.29) is 31.7 Å². The predicted octanol–water partition coefficient (Wildman–Crippen LogP) is 3.87. The van der Waals surface area contributed by atoms with Crippen molar-refractivity contribution in [3.8, 4) is 0 Å². The van der Waals surface area contributed by atoms with Crippen LogP contribution in [-0.4, -0.2) is 16.0 Å². The first-order valence-electron chi connectivity index (χ1n) is 6.96. The van der Waals surface area contributed by atoms with E-state index >= 15 is 0 Å². The number of carbonyl (C=O) groups is 1. The van der Waals surface area contributed by atoms with Crippen molar-refractivity contribution in [1.29, 1.82) is 0 Å². The zero-order valence-corrected chi connectivity index (χ0v) is 16.3. The molecule has 5 N–H and O–H groups in total. The third-order valence-corrected chi connectivity index (χ3v) is 4.64. The summed E-state index contributed by atoms with van der Waals surface area (Å²) >= 11 is 22.8. The van der Waals surface area contributed by atoms with Gasteiger partial charge in [-0.05, 0) is 37.2 Å². The number of aromatic nitrogens is 1. The highest BCUT2D eigenvalue weighted by Crippen LogP contribution is 2.34. The number of pyridine rings is 1. The van der Waals surface area contributed by atoms with Crippen LogP contribution in [0.1, 0.15) is 21.6 Å². The van der Waals surface area contributed by atoms with Crippen LogP contribution in [0.5, 0.6) is 0 Å². The van der Waals surface area contributed by atoms with Crippen LogP contribution in [0.2, 0.25) is 15.2 Å². The zero-order chi connectivity index (χ0) is 18.7. The molecule has 0 spiro atoms. The second kappa shape index (κ2) is 8.05. The molecule has 0 unspecified atom stereocenters. The fourth-order valence-electron chi connectivity index (χ4n) is 2.01. The van der Waals surface area contributed by atoms with Crippen LogP contribution in [0.4, 0.5) is 11.4 Å². The van der Waals surface area contributed by atoms with Gasteiger partial charge in [-0.3, -0.25) is 15.6 Å². The first kappa shape index (κ1) is 19.5. The minimum Gasteiger partial charge on any atom is -0.396 e. The maximum absolute atomic E-state index is 12.2. The number of para-hydroxylation sites is 1. The number of rotatable bonds is 2. The summed E-state index contributed by atoms with van der Waals surface area (Å²) in [4.78, 5) is 16.0. The molecule has 0 aliphatic carbocycles. The van der Waals surface area contributed by atoms with E-state index in [1.54, 1.807) is 0 Å². The van der Waals surface area contributed by atoms with Crippen molar-refractivity contribution in [3.05, 3.63) is 50.2 Å². The Morgan fingerprint density at radius 2 is 1.72 bits per heavy atom. The molecule has 0 saturated carbocycles. The number of halogens is 3. The average molecular weight is 419 g/mol. The molecule has 1 amide bonds. The van der Waals surface area contributed by atoms with Gasteiger partial charge >= 0.3 is 0 Å². The quantitative estimate of drug-likeness (QED) is 0.336. The largest absolute Gasteiger partial charge is 0.396 e. The van der Waals surface area contributed by atoms with E-state index in [4.69, 9.17) is 52.8 Å². The smallest absolute Gasteiger partial charge is 0.289 e. The molecule has 1 aromatic heterocycles. The molecule has 0 saturated heterocycles. The van der Waals surface area contributed by atoms with E-state index in [0.29, 0.717) is 0 Å². The van der Waals surface area contributed by atoms with Gasteiger partial charge < -0.3 is 11.1 Å². The monoisotopic (exact) mass is 417 g/mol. The summed E-state index contributed by atoms with van der Waals surface area (Å²) in [5, 5.41) is 2.98. The summed E-state index contributed by atoms with van der Waals surface area (Å²) in [5.74, 6) is -0.666. The van der Waals surface area contributed by atoms with Crippen molar-refractivity contribution in [3.63, 3.8) is 0 Å².